The van der Waals surface area contributed by atoms with E-state index in [0.29, 0.717) is 16.5 Å². The maximum atomic E-state index is 12.1. The number of nitrogens with one attached hydrogen (secondary N) is 2. The Labute approximate surface area is 153 Å². The summed E-state index contributed by atoms with van der Waals surface area (Å²) in [5, 5.41) is 12.1. The zero-order chi connectivity index (χ0) is 17.8. The van der Waals surface area contributed by atoms with Crippen LogP contribution in [0, 0.1) is 0 Å². The van der Waals surface area contributed by atoms with E-state index in [-0.39, 0.29) is 5.91 Å². The van der Waals surface area contributed by atoms with Gasteiger partial charge in [-0.15, -0.1) is 11.3 Å². The first-order valence-electron chi connectivity index (χ1n) is 7.82. The molecular formula is C18H14N6OS. The summed E-state index contributed by atoms with van der Waals surface area (Å²) in [4.78, 5) is 21.2. The molecule has 4 aromatic rings. The highest BCUT2D eigenvalue weighted by atomic mass is 32.1. The standard InChI is InChI=1S/C18H14N6OS/c25-18(15-3-1-10-26-15)23-14-6-4-13(5-7-14)22-16-11-17(20-12-19-16)24-9-2-8-21-24/h1-12H,(H,23,25)(H,19,20,22). The molecule has 0 aliphatic heterocycles. The molecule has 0 unspecified atom stereocenters. The Morgan fingerprint density at radius 2 is 1.88 bits per heavy atom. The van der Waals surface area contributed by atoms with Crippen LogP contribution in [0.3, 0.4) is 0 Å². The molecule has 1 amide bonds. The third-order valence-corrected chi connectivity index (χ3v) is 4.42. The zero-order valence-electron chi connectivity index (χ0n) is 13.5. The van der Waals surface area contributed by atoms with E-state index >= 15 is 0 Å². The molecule has 7 nitrogen and oxygen atoms in total. The maximum Gasteiger partial charge on any atom is 0.265 e. The van der Waals surface area contributed by atoms with Gasteiger partial charge in [0.2, 0.25) is 0 Å². The number of hydrogen-bond acceptors (Lipinski definition) is 6. The molecule has 3 aromatic heterocycles. The second-order valence-corrected chi connectivity index (χ2v) is 6.29. The van der Waals surface area contributed by atoms with Gasteiger partial charge in [-0.3, -0.25) is 4.79 Å². The van der Waals surface area contributed by atoms with Gasteiger partial charge in [0, 0.05) is 29.8 Å². The Kier molecular flexibility index (Phi) is 4.40. The smallest absolute Gasteiger partial charge is 0.265 e. The number of rotatable bonds is 5. The first-order valence-corrected chi connectivity index (χ1v) is 8.70. The van der Waals surface area contributed by atoms with Gasteiger partial charge in [-0.05, 0) is 41.8 Å². The molecule has 1 aromatic carbocycles. The molecule has 0 bridgehead atoms. The number of amides is 1. The van der Waals surface area contributed by atoms with Crippen LogP contribution in [0.15, 0.2) is 72.6 Å². The van der Waals surface area contributed by atoms with E-state index in [0.717, 1.165) is 11.4 Å². The molecule has 0 saturated heterocycles. The third kappa shape index (κ3) is 3.60. The lowest BCUT2D eigenvalue weighted by Crippen LogP contribution is -2.09. The third-order valence-electron chi connectivity index (χ3n) is 3.55. The highest BCUT2D eigenvalue weighted by Crippen LogP contribution is 2.19. The Morgan fingerprint density at radius 3 is 2.62 bits per heavy atom. The van der Waals surface area contributed by atoms with Crippen molar-refractivity contribution in [1.29, 1.82) is 0 Å². The van der Waals surface area contributed by atoms with Crippen LogP contribution in [0.2, 0.25) is 0 Å². The summed E-state index contributed by atoms with van der Waals surface area (Å²) < 4.78 is 1.66. The lowest BCUT2D eigenvalue weighted by atomic mass is 10.2. The summed E-state index contributed by atoms with van der Waals surface area (Å²) in [5.74, 6) is 1.22. The van der Waals surface area contributed by atoms with Crippen LogP contribution in [0.25, 0.3) is 5.82 Å². The summed E-state index contributed by atoms with van der Waals surface area (Å²) in [6.07, 6.45) is 4.99. The average molecular weight is 362 g/mol. The summed E-state index contributed by atoms with van der Waals surface area (Å²) in [6, 6.07) is 14.7. The van der Waals surface area contributed by atoms with Crippen LogP contribution in [-0.4, -0.2) is 25.7 Å². The normalized spacial score (nSPS) is 10.5. The fourth-order valence-electron chi connectivity index (χ4n) is 2.33. The number of nitrogens with zero attached hydrogens (tertiary/aromatic N) is 4. The van der Waals surface area contributed by atoms with Gasteiger partial charge < -0.3 is 10.6 Å². The second kappa shape index (κ2) is 7.16. The Morgan fingerprint density at radius 1 is 1.04 bits per heavy atom. The topological polar surface area (TPSA) is 84.7 Å². The van der Waals surface area contributed by atoms with Gasteiger partial charge in [0.15, 0.2) is 5.82 Å². The van der Waals surface area contributed by atoms with Crippen LogP contribution in [0.1, 0.15) is 9.67 Å². The van der Waals surface area contributed by atoms with E-state index in [1.54, 1.807) is 23.0 Å². The quantitative estimate of drug-likeness (QED) is 0.565. The molecule has 0 saturated carbocycles. The molecule has 26 heavy (non-hydrogen) atoms. The lowest BCUT2D eigenvalue weighted by Gasteiger charge is -2.08. The van der Waals surface area contributed by atoms with Gasteiger partial charge in [0.1, 0.15) is 12.1 Å². The van der Waals surface area contributed by atoms with Crippen LogP contribution >= 0.6 is 11.3 Å². The van der Waals surface area contributed by atoms with Crippen LogP contribution in [-0.2, 0) is 0 Å². The average Bonchev–Trinajstić information content (AvgIpc) is 3.38. The number of carbonyl (C=O) groups is 1. The molecule has 8 heteroatoms. The number of aromatic nitrogens is 4. The van der Waals surface area contributed by atoms with Crippen molar-refractivity contribution in [3.8, 4) is 5.82 Å². The van der Waals surface area contributed by atoms with Crippen molar-refractivity contribution in [3.63, 3.8) is 0 Å². The number of hydrogen-bond donors (Lipinski definition) is 2. The minimum absolute atomic E-state index is 0.111. The molecule has 2 N–H and O–H groups in total. The molecule has 0 atom stereocenters. The molecule has 128 valence electrons. The number of carbonyl (C=O) groups excluding carboxylic acids is 1. The van der Waals surface area contributed by atoms with Crippen molar-refractivity contribution >= 4 is 34.4 Å². The fourth-order valence-corrected chi connectivity index (χ4v) is 2.95. The van der Waals surface area contributed by atoms with Crippen molar-refractivity contribution in [3.05, 3.63) is 77.5 Å². The van der Waals surface area contributed by atoms with E-state index in [2.05, 4.69) is 25.7 Å². The molecular weight excluding hydrogens is 348 g/mol. The summed E-state index contributed by atoms with van der Waals surface area (Å²) in [6.45, 7) is 0. The van der Waals surface area contributed by atoms with Crippen molar-refractivity contribution < 1.29 is 4.79 Å². The monoisotopic (exact) mass is 362 g/mol. The Balaban J connectivity index is 1.44. The second-order valence-electron chi connectivity index (χ2n) is 5.35. The molecule has 3 heterocycles. The molecule has 0 fully saturated rings. The van der Waals surface area contributed by atoms with E-state index in [4.69, 9.17) is 0 Å². The van der Waals surface area contributed by atoms with Gasteiger partial charge in [0.05, 0.1) is 4.88 Å². The minimum atomic E-state index is -0.111. The number of anilines is 3. The summed E-state index contributed by atoms with van der Waals surface area (Å²) in [5.41, 5.74) is 1.58. The molecule has 0 spiro atoms. The van der Waals surface area contributed by atoms with Crippen LogP contribution in [0.5, 0.6) is 0 Å². The summed E-state index contributed by atoms with van der Waals surface area (Å²) in [7, 11) is 0. The fraction of sp³-hybridized carbons (Fsp3) is 0. The van der Waals surface area contributed by atoms with E-state index < -0.39 is 0 Å². The number of benzene rings is 1. The lowest BCUT2D eigenvalue weighted by molar-refractivity contribution is 0.103. The van der Waals surface area contributed by atoms with Gasteiger partial charge >= 0.3 is 0 Å². The Hall–Kier alpha value is -3.52. The number of thiophene rings is 1. The Bertz CT molecular complexity index is 997. The molecule has 0 aliphatic rings. The van der Waals surface area contributed by atoms with Gasteiger partial charge in [-0.25, -0.2) is 14.6 Å². The van der Waals surface area contributed by atoms with Gasteiger partial charge in [-0.1, -0.05) is 6.07 Å². The molecule has 0 aliphatic carbocycles. The van der Waals surface area contributed by atoms with Crippen molar-refractivity contribution in [2.45, 2.75) is 0 Å². The van der Waals surface area contributed by atoms with E-state index in [1.807, 2.05) is 48.0 Å². The zero-order valence-corrected chi connectivity index (χ0v) is 14.4. The van der Waals surface area contributed by atoms with Crippen molar-refractivity contribution in [2.24, 2.45) is 0 Å². The first-order chi connectivity index (χ1) is 12.8. The molecule has 4 rings (SSSR count). The van der Waals surface area contributed by atoms with E-state index in [1.165, 1.54) is 17.7 Å². The van der Waals surface area contributed by atoms with Crippen molar-refractivity contribution in [1.82, 2.24) is 19.7 Å². The minimum Gasteiger partial charge on any atom is -0.340 e. The molecule has 0 radical (unpaired) electrons. The van der Waals surface area contributed by atoms with Crippen molar-refractivity contribution in [2.75, 3.05) is 10.6 Å². The SMILES string of the molecule is O=C(Nc1ccc(Nc2cc(-n3cccn3)ncn2)cc1)c1cccs1. The van der Waals surface area contributed by atoms with E-state index in [9.17, 15) is 4.79 Å². The highest BCUT2D eigenvalue weighted by molar-refractivity contribution is 7.12. The van der Waals surface area contributed by atoms with Gasteiger partial charge in [0.25, 0.3) is 5.91 Å². The summed E-state index contributed by atoms with van der Waals surface area (Å²) >= 11 is 1.41. The van der Waals surface area contributed by atoms with Crippen LogP contribution in [0.4, 0.5) is 17.2 Å². The first kappa shape index (κ1) is 16.0. The predicted molar refractivity (Wildman–Crippen MR) is 101 cm³/mol. The largest absolute Gasteiger partial charge is 0.340 e. The predicted octanol–water partition coefficient (Wildman–Crippen LogP) is 3.72. The highest BCUT2D eigenvalue weighted by Gasteiger charge is 2.07. The maximum absolute atomic E-state index is 12.1. The van der Waals surface area contributed by atoms with Crippen LogP contribution < -0.4 is 10.6 Å². The van der Waals surface area contributed by atoms with Gasteiger partial charge in [-0.2, -0.15) is 5.10 Å².